The van der Waals surface area contributed by atoms with E-state index in [1.54, 1.807) is 22.7 Å². The molecule has 4 aromatic heterocycles. The summed E-state index contributed by atoms with van der Waals surface area (Å²) < 4.78 is 14.4. The first-order valence-corrected chi connectivity index (χ1v) is 18.2. The number of aryl methyl sites for hydroxylation is 2. The van der Waals surface area contributed by atoms with Gasteiger partial charge in [0.25, 0.3) is 0 Å². The number of ether oxygens (including phenoxy) is 2. The van der Waals surface area contributed by atoms with E-state index in [1.807, 2.05) is 36.5 Å². The van der Waals surface area contributed by atoms with E-state index in [9.17, 15) is 9.59 Å². The molecule has 0 unspecified atom stereocenters. The minimum absolute atomic E-state index is 0.256. The molecule has 2 aliphatic heterocycles. The van der Waals surface area contributed by atoms with Crippen molar-refractivity contribution in [1.82, 2.24) is 0 Å². The largest absolute Gasteiger partial charge is 0.418 e. The highest BCUT2D eigenvalue weighted by atomic mass is 32.1. The van der Waals surface area contributed by atoms with Gasteiger partial charge < -0.3 is 9.47 Å². The van der Waals surface area contributed by atoms with Crippen LogP contribution in [0.15, 0.2) is 23.7 Å². The summed E-state index contributed by atoms with van der Waals surface area (Å²) in [5.41, 5.74) is 7.72. The number of hydrogen-bond acceptors (Lipinski definition) is 8. The fraction of sp³-hybridized carbons (Fsp3) is 0.333. The summed E-state index contributed by atoms with van der Waals surface area (Å²) >= 11 is 6.90. The number of hydrogen-bond donors (Lipinski definition) is 0. The van der Waals surface area contributed by atoms with Gasteiger partial charge in [0, 0.05) is 38.7 Å². The molecule has 1 aromatic carbocycles. The van der Waals surface area contributed by atoms with Crippen LogP contribution in [-0.4, -0.2) is 11.9 Å². The Bertz CT molecular complexity index is 2110. The first-order valence-electron chi connectivity index (χ1n) is 14.9. The van der Waals surface area contributed by atoms with E-state index in [4.69, 9.17) is 9.47 Å². The van der Waals surface area contributed by atoms with Crippen LogP contribution in [0.25, 0.3) is 41.1 Å². The van der Waals surface area contributed by atoms with Crippen LogP contribution in [0, 0.1) is 41.5 Å². The monoisotopic (exact) mass is 658 g/mol. The third kappa shape index (κ3) is 4.10. The van der Waals surface area contributed by atoms with Crippen molar-refractivity contribution in [3.8, 4) is 9.75 Å². The number of fused-ring (bicyclic) bond motifs is 3. The van der Waals surface area contributed by atoms with Crippen LogP contribution in [0.3, 0.4) is 0 Å². The third-order valence-corrected chi connectivity index (χ3v) is 15.2. The lowest BCUT2D eigenvalue weighted by atomic mass is 10.0. The maximum absolute atomic E-state index is 13.5. The molecule has 2 aliphatic rings. The van der Waals surface area contributed by atoms with Crippen LogP contribution in [0.5, 0.6) is 0 Å². The molecule has 8 heteroatoms. The number of carbonyl (C=O) groups is 2. The van der Waals surface area contributed by atoms with Crippen molar-refractivity contribution in [2.75, 3.05) is 0 Å². The van der Waals surface area contributed by atoms with Gasteiger partial charge in [-0.15, -0.1) is 45.3 Å². The summed E-state index contributed by atoms with van der Waals surface area (Å²) in [5.74, 6) is 0.436. The zero-order valence-corrected chi connectivity index (χ0v) is 29.8. The van der Waals surface area contributed by atoms with Crippen LogP contribution in [0.2, 0.25) is 0 Å². The van der Waals surface area contributed by atoms with Gasteiger partial charge in [-0.3, -0.25) is 0 Å². The van der Waals surface area contributed by atoms with Gasteiger partial charge >= 0.3 is 11.9 Å². The van der Waals surface area contributed by atoms with Crippen LogP contribution >= 0.6 is 45.3 Å². The molecule has 0 saturated heterocycles. The van der Waals surface area contributed by atoms with Crippen LogP contribution < -0.4 is 0 Å². The fourth-order valence-corrected chi connectivity index (χ4v) is 11.6. The van der Waals surface area contributed by atoms with Gasteiger partial charge in [0.1, 0.15) is 11.1 Å². The second-order valence-electron chi connectivity index (χ2n) is 12.5. The number of thiophene rings is 4. The Labute approximate surface area is 273 Å². The van der Waals surface area contributed by atoms with Gasteiger partial charge in [-0.1, -0.05) is 27.7 Å². The van der Waals surface area contributed by atoms with E-state index in [1.165, 1.54) is 51.5 Å². The Morgan fingerprint density at radius 1 is 0.545 bits per heavy atom. The first kappa shape index (κ1) is 29.7. The molecule has 0 aliphatic carbocycles. The van der Waals surface area contributed by atoms with Gasteiger partial charge in [0.05, 0.1) is 0 Å². The Morgan fingerprint density at radius 3 is 1.59 bits per heavy atom. The second kappa shape index (κ2) is 10.2. The summed E-state index contributed by atoms with van der Waals surface area (Å²) in [6.45, 7) is 21.5. The van der Waals surface area contributed by atoms with Gasteiger partial charge in [-0.25, -0.2) is 9.59 Å². The summed E-state index contributed by atoms with van der Waals surface area (Å²) in [4.78, 5) is 33.4. The Kier molecular flexibility index (Phi) is 6.90. The van der Waals surface area contributed by atoms with Crippen molar-refractivity contribution in [2.45, 2.75) is 81.1 Å². The molecule has 0 N–H and O–H groups in total. The molecule has 44 heavy (non-hydrogen) atoms. The van der Waals surface area contributed by atoms with E-state index in [-0.39, 0.29) is 11.5 Å². The van der Waals surface area contributed by atoms with E-state index in [2.05, 4.69) is 67.5 Å². The molecule has 0 spiro atoms. The quantitative estimate of drug-likeness (QED) is 0.176. The van der Waals surface area contributed by atoms with E-state index < -0.39 is 11.9 Å². The number of carbonyl (C=O) groups excluding carboxylic acids is 2. The third-order valence-electron chi connectivity index (χ3n) is 9.13. The molecule has 0 atom stereocenters. The molecule has 226 valence electrons. The minimum atomic E-state index is -0.463. The Hall–Kier alpha value is -3.04. The van der Waals surface area contributed by atoms with Crippen LogP contribution in [0.4, 0.5) is 0 Å². The predicted octanol–water partition coefficient (Wildman–Crippen LogP) is 11.2. The molecule has 7 rings (SSSR count). The highest BCUT2D eigenvalue weighted by molar-refractivity contribution is 7.27. The minimum Gasteiger partial charge on any atom is -0.418 e. The van der Waals surface area contributed by atoms with E-state index in [0.717, 1.165) is 31.3 Å². The highest BCUT2D eigenvalue weighted by Crippen LogP contribution is 2.52. The molecule has 0 bridgehead atoms. The predicted molar refractivity (Wildman–Crippen MR) is 187 cm³/mol. The zero-order chi connectivity index (χ0) is 31.5. The summed E-state index contributed by atoms with van der Waals surface area (Å²) in [6.07, 6.45) is 0. The second-order valence-corrected chi connectivity index (χ2v) is 16.8. The molecular formula is C36H34O4S4. The van der Waals surface area contributed by atoms with Crippen molar-refractivity contribution in [3.63, 3.8) is 0 Å². The first-order chi connectivity index (χ1) is 20.8. The maximum atomic E-state index is 13.5. The number of benzene rings is 1. The van der Waals surface area contributed by atoms with Crippen molar-refractivity contribution in [2.24, 2.45) is 0 Å². The molecule has 0 amide bonds. The Balaban J connectivity index is 1.36. The lowest BCUT2D eigenvalue weighted by molar-refractivity contribution is -0.131. The summed E-state index contributed by atoms with van der Waals surface area (Å²) in [6, 6.07) is 4.69. The van der Waals surface area contributed by atoms with E-state index in [0.29, 0.717) is 23.0 Å². The Morgan fingerprint density at radius 2 is 1.05 bits per heavy atom. The summed E-state index contributed by atoms with van der Waals surface area (Å²) in [5, 5.41) is 2.65. The molecule has 6 heterocycles. The normalized spacial score (nSPS) is 15.3. The SMILES string of the molecule is Cc1c(C2=C3OC(=O)C(c4sc(C(C)C)c(C)c4C)=C3OC2=O)sc(-c2cc3c(C)c4sc(C(C)C)cc4c(C)c3s2)c1C. The molecule has 5 aromatic rings. The van der Waals surface area contributed by atoms with Crippen molar-refractivity contribution in [1.29, 1.82) is 0 Å². The number of esters is 2. The lowest BCUT2D eigenvalue weighted by Crippen LogP contribution is -2.04. The average molecular weight is 659 g/mol. The smallest absolute Gasteiger partial charge is 0.349 e. The fourth-order valence-electron chi connectivity index (χ4n) is 6.32. The molecule has 0 radical (unpaired) electrons. The highest BCUT2D eigenvalue weighted by Gasteiger charge is 2.46. The topological polar surface area (TPSA) is 52.6 Å². The maximum Gasteiger partial charge on any atom is 0.349 e. The van der Waals surface area contributed by atoms with Crippen molar-refractivity contribution >= 4 is 88.6 Å². The standard InChI is InChI=1S/C36H34O4S4/c1-13(2)23-11-21-19(9)31-22(20(10)30(21)41-23)12-24(42-31)32-16(6)18(8)34(44-32)26-28-27(39-36(26)38)25(35(37)40-28)33-17(7)15(5)29(43-33)14(3)4/h11-14H,1-10H3. The van der Waals surface area contributed by atoms with Crippen molar-refractivity contribution in [3.05, 3.63) is 76.5 Å². The van der Waals surface area contributed by atoms with Gasteiger partial charge in [0.15, 0.2) is 11.5 Å². The molecule has 0 fully saturated rings. The summed E-state index contributed by atoms with van der Waals surface area (Å²) in [7, 11) is 0. The zero-order valence-electron chi connectivity index (χ0n) is 26.6. The molecular weight excluding hydrogens is 625 g/mol. The van der Waals surface area contributed by atoms with E-state index >= 15 is 0 Å². The van der Waals surface area contributed by atoms with Crippen molar-refractivity contribution < 1.29 is 19.1 Å². The average Bonchev–Trinajstić information content (AvgIpc) is 3.80. The number of rotatable bonds is 5. The van der Waals surface area contributed by atoms with Gasteiger partial charge in [-0.05, 0) is 110 Å². The van der Waals surface area contributed by atoms with Gasteiger partial charge in [0.2, 0.25) is 0 Å². The lowest BCUT2D eigenvalue weighted by Gasteiger charge is -2.03. The van der Waals surface area contributed by atoms with Crippen LogP contribution in [0.1, 0.15) is 92.4 Å². The van der Waals surface area contributed by atoms with Gasteiger partial charge in [-0.2, -0.15) is 0 Å². The molecule has 0 saturated carbocycles. The molecule has 4 nitrogen and oxygen atoms in total. The van der Waals surface area contributed by atoms with Crippen LogP contribution in [-0.2, 0) is 19.1 Å².